The first-order chi connectivity index (χ1) is 14.7. The Labute approximate surface area is 171 Å². The summed E-state index contributed by atoms with van der Waals surface area (Å²) in [6.45, 7) is 0. The van der Waals surface area contributed by atoms with E-state index in [4.69, 9.17) is 4.42 Å². The Morgan fingerprint density at radius 3 is 2.47 bits per heavy atom. The lowest BCUT2D eigenvalue weighted by molar-refractivity contribution is -0.132. The number of ketones is 1. The van der Waals surface area contributed by atoms with Crippen LogP contribution in [0, 0.1) is 0 Å². The summed E-state index contributed by atoms with van der Waals surface area (Å²) in [4.78, 5) is 31.6. The summed E-state index contributed by atoms with van der Waals surface area (Å²) in [6, 6.07) is 18.8. The fraction of sp³-hybridized carbons (Fsp3) is 0.0417. The van der Waals surface area contributed by atoms with Gasteiger partial charge in [-0.05, 0) is 35.7 Å². The zero-order valence-electron chi connectivity index (χ0n) is 15.7. The van der Waals surface area contributed by atoms with Crippen LogP contribution < -0.4 is 4.90 Å². The lowest BCUT2D eigenvalue weighted by Crippen LogP contribution is -2.29. The average molecular weight is 396 g/mol. The van der Waals surface area contributed by atoms with Gasteiger partial charge in [0.15, 0.2) is 0 Å². The number of benzene rings is 2. The van der Waals surface area contributed by atoms with Gasteiger partial charge in [0, 0.05) is 23.3 Å². The highest BCUT2D eigenvalue weighted by atomic mass is 16.3. The van der Waals surface area contributed by atoms with Gasteiger partial charge in [-0.2, -0.15) is 0 Å². The third-order valence-corrected chi connectivity index (χ3v) is 5.24. The Hall–Kier alpha value is -4.19. The van der Waals surface area contributed by atoms with E-state index in [9.17, 15) is 14.7 Å². The zero-order valence-corrected chi connectivity index (χ0v) is 15.7. The van der Waals surface area contributed by atoms with Crippen molar-refractivity contribution in [3.8, 4) is 0 Å². The molecular formula is C24H16N2O4. The number of aliphatic hydroxyl groups excluding tert-OH is 1. The number of Topliss-reactive ketones (excluding diaryl/α,β-unsaturated/α-hetero) is 1. The van der Waals surface area contributed by atoms with Gasteiger partial charge in [-0.25, -0.2) is 0 Å². The molecule has 1 aliphatic rings. The molecule has 1 unspecified atom stereocenters. The van der Waals surface area contributed by atoms with Crippen LogP contribution in [-0.4, -0.2) is 21.8 Å². The van der Waals surface area contributed by atoms with E-state index in [2.05, 4.69) is 4.98 Å². The molecule has 3 heterocycles. The van der Waals surface area contributed by atoms with Crippen molar-refractivity contribution in [3.05, 3.63) is 102 Å². The number of hydrogen-bond donors (Lipinski definition) is 1. The molecule has 1 fully saturated rings. The van der Waals surface area contributed by atoms with Crippen molar-refractivity contribution in [1.82, 2.24) is 4.98 Å². The molecule has 1 saturated heterocycles. The molecule has 6 heteroatoms. The number of nitrogens with zero attached hydrogens (tertiary/aromatic N) is 2. The second-order valence-corrected chi connectivity index (χ2v) is 6.92. The predicted molar refractivity (Wildman–Crippen MR) is 112 cm³/mol. The number of furan rings is 1. The number of carbonyl (C=O) groups excluding carboxylic acids is 2. The van der Waals surface area contributed by atoms with Crippen molar-refractivity contribution in [3.63, 3.8) is 0 Å². The van der Waals surface area contributed by atoms with E-state index in [-0.39, 0.29) is 11.3 Å². The van der Waals surface area contributed by atoms with Crippen molar-refractivity contribution in [1.29, 1.82) is 0 Å². The summed E-state index contributed by atoms with van der Waals surface area (Å²) in [5.74, 6) is -1.36. The van der Waals surface area contributed by atoms with E-state index in [0.29, 0.717) is 17.0 Å². The van der Waals surface area contributed by atoms with Crippen molar-refractivity contribution in [2.75, 3.05) is 4.90 Å². The molecule has 1 amide bonds. The van der Waals surface area contributed by atoms with E-state index in [1.54, 1.807) is 30.3 Å². The van der Waals surface area contributed by atoms with Crippen LogP contribution in [0.15, 0.2) is 95.4 Å². The van der Waals surface area contributed by atoms with Crippen LogP contribution in [0.2, 0.25) is 0 Å². The summed E-state index contributed by atoms with van der Waals surface area (Å²) in [7, 11) is 0. The number of carbonyl (C=O) groups is 2. The fourth-order valence-corrected chi connectivity index (χ4v) is 3.88. The highest BCUT2D eigenvalue weighted by molar-refractivity contribution is 6.52. The van der Waals surface area contributed by atoms with Crippen molar-refractivity contribution in [2.24, 2.45) is 0 Å². The minimum Gasteiger partial charge on any atom is -0.507 e. The van der Waals surface area contributed by atoms with Gasteiger partial charge in [0.1, 0.15) is 17.6 Å². The van der Waals surface area contributed by atoms with Gasteiger partial charge >= 0.3 is 0 Å². The topological polar surface area (TPSA) is 83.6 Å². The average Bonchev–Trinajstić information content (AvgIpc) is 3.41. The molecule has 5 rings (SSSR count). The summed E-state index contributed by atoms with van der Waals surface area (Å²) in [5, 5.41) is 12.7. The third kappa shape index (κ3) is 2.69. The number of hydrogen-bond acceptors (Lipinski definition) is 5. The molecule has 6 nitrogen and oxygen atoms in total. The highest BCUT2D eigenvalue weighted by Crippen LogP contribution is 2.44. The van der Waals surface area contributed by atoms with Gasteiger partial charge in [0.2, 0.25) is 0 Å². The van der Waals surface area contributed by atoms with Gasteiger partial charge in [0.25, 0.3) is 11.7 Å². The second-order valence-electron chi connectivity index (χ2n) is 6.92. The number of amides is 1. The highest BCUT2D eigenvalue weighted by Gasteiger charge is 2.48. The molecule has 1 atom stereocenters. The lowest BCUT2D eigenvalue weighted by atomic mass is 9.99. The first-order valence-electron chi connectivity index (χ1n) is 9.39. The molecule has 1 aliphatic heterocycles. The van der Waals surface area contributed by atoms with Crippen molar-refractivity contribution >= 4 is 33.9 Å². The van der Waals surface area contributed by atoms with Crippen LogP contribution in [0.4, 0.5) is 5.69 Å². The number of aliphatic hydroxyl groups is 1. The molecule has 0 radical (unpaired) electrons. The van der Waals surface area contributed by atoms with Crippen LogP contribution in [0.5, 0.6) is 0 Å². The molecule has 4 aromatic rings. The molecule has 30 heavy (non-hydrogen) atoms. The maximum absolute atomic E-state index is 13.2. The second kappa shape index (κ2) is 7.00. The lowest BCUT2D eigenvalue weighted by Gasteiger charge is -2.24. The van der Waals surface area contributed by atoms with Crippen molar-refractivity contribution < 1.29 is 19.1 Å². The molecule has 2 aromatic carbocycles. The fourth-order valence-electron chi connectivity index (χ4n) is 3.88. The minimum atomic E-state index is -0.890. The smallest absolute Gasteiger partial charge is 0.300 e. The molecule has 0 saturated carbocycles. The number of pyridine rings is 1. The SMILES string of the molecule is O=C1C(=O)N(c2cccc3ccccc23)C(c2ccco2)/C1=C(/O)c1ccncc1. The van der Waals surface area contributed by atoms with Crippen LogP contribution in [0.3, 0.4) is 0 Å². The van der Waals surface area contributed by atoms with E-state index >= 15 is 0 Å². The first kappa shape index (κ1) is 17.9. The molecular weight excluding hydrogens is 380 g/mol. The number of rotatable bonds is 3. The normalized spacial score (nSPS) is 18.3. The van der Waals surface area contributed by atoms with Crippen molar-refractivity contribution in [2.45, 2.75) is 6.04 Å². The maximum Gasteiger partial charge on any atom is 0.300 e. The van der Waals surface area contributed by atoms with Crippen LogP contribution in [0.1, 0.15) is 17.4 Å². The Bertz CT molecular complexity index is 1290. The number of anilines is 1. The number of fused-ring (bicyclic) bond motifs is 1. The Kier molecular flexibility index (Phi) is 4.17. The van der Waals surface area contributed by atoms with E-state index in [1.807, 2.05) is 36.4 Å². The first-order valence-corrected chi connectivity index (χ1v) is 9.39. The third-order valence-electron chi connectivity index (χ3n) is 5.24. The molecule has 0 spiro atoms. The van der Waals surface area contributed by atoms with E-state index in [1.165, 1.54) is 23.6 Å². The molecule has 0 bridgehead atoms. The largest absolute Gasteiger partial charge is 0.507 e. The summed E-state index contributed by atoms with van der Waals surface area (Å²) >= 11 is 0. The van der Waals surface area contributed by atoms with Gasteiger partial charge in [0.05, 0.1) is 17.5 Å². The predicted octanol–water partition coefficient (Wildman–Crippen LogP) is 4.45. The van der Waals surface area contributed by atoms with Crippen LogP contribution in [-0.2, 0) is 9.59 Å². The van der Waals surface area contributed by atoms with E-state index in [0.717, 1.165) is 10.8 Å². The van der Waals surface area contributed by atoms with Gasteiger partial charge in [-0.15, -0.1) is 0 Å². The van der Waals surface area contributed by atoms with Crippen LogP contribution >= 0.6 is 0 Å². The molecule has 2 aromatic heterocycles. The maximum atomic E-state index is 13.2. The van der Waals surface area contributed by atoms with E-state index < -0.39 is 17.7 Å². The Balaban J connectivity index is 1.77. The van der Waals surface area contributed by atoms with Crippen LogP contribution in [0.25, 0.3) is 16.5 Å². The van der Waals surface area contributed by atoms with Gasteiger partial charge in [-0.1, -0.05) is 36.4 Å². The molecule has 0 aliphatic carbocycles. The van der Waals surface area contributed by atoms with Gasteiger partial charge in [-0.3, -0.25) is 19.5 Å². The number of aromatic nitrogens is 1. The minimum absolute atomic E-state index is 0.0194. The summed E-state index contributed by atoms with van der Waals surface area (Å²) in [5.41, 5.74) is 0.955. The summed E-state index contributed by atoms with van der Waals surface area (Å²) in [6.07, 6.45) is 4.50. The zero-order chi connectivity index (χ0) is 20.7. The standard InChI is InChI=1S/C24H16N2O4/c27-22(16-10-12-25-13-11-16)20-21(19-9-4-14-30-19)26(24(29)23(20)28)18-8-3-6-15-5-1-2-7-17(15)18/h1-14,21,27H/b22-20-. The summed E-state index contributed by atoms with van der Waals surface area (Å²) < 4.78 is 5.59. The van der Waals surface area contributed by atoms with Gasteiger partial charge < -0.3 is 9.52 Å². The Morgan fingerprint density at radius 2 is 1.70 bits per heavy atom. The molecule has 146 valence electrons. The quantitative estimate of drug-likeness (QED) is 0.314. The Morgan fingerprint density at radius 1 is 0.933 bits per heavy atom. The monoisotopic (exact) mass is 396 g/mol. The molecule has 1 N–H and O–H groups in total.